The van der Waals surface area contributed by atoms with Gasteiger partial charge in [-0.1, -0.05) is 13.8 Å². The number of carbonyl (C=O) groups excluding carboxylic acids is 1. The van der Waals surface area contributed by atoms with Gasteiger partial charge in [-0.3, -0.25) is 9.78 Å². The van der Waals surface area contributed by atoms with Gasteiger partial charge in [-0.25, -0.2) is 0 Å². The van der Waals surface area contributed by atoms with Crippen LogP contribution in [0.15, 0.2) is 24.5 Å². The number of ether oxygens (including phenoxy) is 1. The molecule has 1 aliphatic rings. The van der Waals surface area contributed by atoms with E-state index in [9.17, 15) is 4.79 Å². The van der Waals surface area contributed by atoms with E-state index in [1.807, 2.05) is 17.0 Å². The Labute approximate surface area is 120 Å². The topological polar surface area (TPSA) is 68.5 Å². The number of nitrogens with zero attached hydrogens (tertiary/aromatic N) is 2. The standard InChI is InChI=1S/C15H23N3O2/c1-11(2)9-14(16)15(19)18-8-5-13(10-18)20-12-3-6-17-7-4-12/h3-4,6-7,11,13-14H,5,8-10,16H2,1-2H3/t13?,14-/m0/s1. The van der Waals surface area contributed by atoms with Gasteiger partial charge in [0, 0.05) is 25.4 Å². The van der Waals surface area contributed by atoms with E-state index >= 15 is 0 Å². The van der Waals surface area contributed by atoms with Crippen molar-refractivity contribution >= 4 is 5.91 Å². The van der Waals surface area contributed by atoms with Gasteiger partial charge in [0.2, 0.25) is 5.91 Å². The lowest BCUT2D eigenvalue weighted by atomic mass is 10.0. The van der Waals surface area contributed by atoms with Gasteiger partial charge < -0.3 is 15.4 Å². The maximum Gasteiger partial charge on any atom is 0.239 e. The minimum atomic E-state index is -0.394. The zero-order chi connectivity index (χ0) is 14.5. The van der Waals surface area contributed by atoms with Gasteiger partial charge in [-0.15, -0.1) is 0 Å². The molecule has 2 rings (SSSR count). The van der Waals surface area contributed by atoms with Gasteiger partial charge >= 0.3 is 0 Å². The summed E-state index contributed by atoms with van der Waals surface area (Å²) in [6.07, 6.45) is 5.03. The van der Waals surface area contributed by atoms with Crippen molar-refractivity contribution in [2.45, 2.75) is 38.8 Å². The molecule has 2 atom stereocenters. The van der Waals surface area contributed by atoms with Crippen molar-refractivity contribution in [1.82, 2.24) is 9.88 Å². The number of rotatable bonds is 5. The number of hydrogen-bond donors (Lipinski definition) is 1. The lowest BCUT2D eigenvalue weighted by Crippen LogP contribution is -2.43. The maximum atomic E-state index is 12.2. The number of likely N-dealkylation sites (tertiary alicyclic amines) is 1. The second kappa shape index (κ2) is 6.70. The van der Waals surface area contributed by atoms with Crippen molar-refractivity contribution in [2.24, 2.45) is 11.7 Å². The van der Waals surface area contributed by atoms with Gasteiger partial charge in [0.25, 0.3) is 0 Å². The smallest absolute Gasteiger partial charge is 0.239 e. The van der Waals surface area contributed by atoms with Crippen LogP contribution >= 0.6 is 0 Å². The lowest BCUT2D eigenvalue weighted by molar-refractivity contribution is -0.132. The molecule has 0 radical (unpaired) electrons. The number of pyridine rings is 1. The van der Waals surface area contributed by atoms with E-state index in [1.165, 1.54) is 0 Å². The first kappa shape index (κ1) is 14.8. The molecule has 5 nitrogen and oxygen atoms in total. The van der Waals surface area contributed by atoms with E-state index in [1.54, 1.807) is 12.4 Å². The molecule has 1 aliphatic heterocycles. The third-order valence-electron chi connectivity index (χ3n) is 3.45. The van der Waals surface area contributed by atoms with Gasteiger partial charge in [-0.05, 0) is 24.5 Å². The number of nitrogens with two attached hydrogens (primary N) is 1. The summed E-state index contributed by atoms with van der Waals surface area (Å²) in [7, 11) is 0. The Morgan fingerprint density at radius 3 is 2.85 bits per heavy atom. The average molecular weight is 277 g/mol. The Balaban J connectivity index is 1.84. The van der Waals surface area contributed by atoms with Crippen molar-refractivity contribution in [2.75, 3.05) is 13.1 Å². The molecule has 5 heteroatoms. The van der Waals surface area contributed by atoms with Gasteiger partial charge in [-0.2, -0.15) is 0 Å². The summed E-state index contributed by atoms with van der Waals surface area (Å²) in [6.45, 7) is 5.49. The highest BCUT2D eigenvalue weighted by Gasteiger charge is 2.30. The number of amides is 1. The molecule has 1 unspecified atom stereocenters. The fourth-order valence-electron chi connectivity index (χ4n) is 2.48. The quantitative estimate of drug-likeness (QED) is 0.884. The summed E-state index contributed by atoms with van der Waals surface area (Å²) in [4.78, 5) is 18.0. The monoisotopic (exact) mass is 277 g/mol. The van der Waals surface area contributed by atoms with Crippen molar-refractivity contribution < 1.29 is 9.53 Å². The highest BCUT2D eigenvalue weighted by atomic mass is 16.5. The zero-order valence-electron chi connectivity index (χ0n) is 12.2. The molecule has 1 saturated heterocycles. The highest BCUT2D eigenvalue weighted by molar-refractivity contribution is 5.81. The molecular formula is C15H23N3O2. The third kappa shape index (κ3) is 3.93. The van der Waals surface area contributed by atoms with E-state index in [2.05, 4.69) is 18.8 Å². The molecule has 0 aliphatic carbocycles. The van der Waals surface area contributed by atoms with Crippen LogP contribution in [0, 0.1) is 5.92 Å². The Morgan fingerprint density at radius 1 is 1.50 bits per heavy atom. The molecule has 0 aromatic carbocycles. The summed E-state index contributed by atoms with van der Waals surface area (Å²) in [5, 5.41) is 0. The molecule has 2 N–H and O–H groups in total. The lowest BCUT2D eigenvalue weighted by Gasteiger charge is -2.22. The molecule has 0 bridgehead atoms. The van der Waals surface area contributed by atoms with Crippen LogP contribution in [0.1, 0.15) is 26.7 Å². The van der Waals surface area contributed by atoms with E-state index < -0.39 is 6.04 Å². The van der Waals surface area contributed by atoms with E-state index in [-0.39, 0.29) is 12.0 Å². The minimum Gasteiger partial charge on any atom is -0.488 e. The molecule has 1 amide bonds. The number of carbonyl (C=O) groups is 1. The van der Waals surface area contributed by atoms with E-state index in [0.717, 1.165) is 25.1 Å². The fourth-order valence-corrected chi connectivity index (χ4v) is 2.48. The van der Waals surface area contributed by atoms with Crippen molar-refractivity contribution in [3.63, 3.8) is 0 Å². The van der Waals surface area contributed by atoms with Crippen LogP contribution in [0.2, 0.25) is 0 Å². The molecule has 0 spiro atoms. The largest absolute Gasteiger partial charge is 0.488 e. The summed E-state index contributed by atoms with van der Waals surface area (Å²) in [5.41, 5.74) is 5.96. The predicted octanol–water partition coefficient (Wildman–Crippen LogP) is 1.43. The van der Waals surface area contributed by atoms with E-state index in [0.29, 0.717) is 12.5 Å². The predicted molar refractivity (Wildman–Crippen MR) is 77.3 cm³/mol. The molecule has 110 valence electrons. The molecular weight excluding hydrogens is 254 g/mol. The first-order valence-electron chi connectivity index (χ1n) is 7.17. The Hall–Kier alpha value is -1.62. The molecule has 2 heterocycles. The third-order valence-corrected chi connectivity index (χ3v) is 3.45. The van der Waals surface area contributed by atoms with Crippen LogP contribution < -0.4 is 10.5 Å². The van der Waals surface area contributed by atoms with Crippen LogP contribution in [-0.2, 0) is 4.79 Å². The molecule has 0 saturated carbocycles. The fraction of sp³-hybridized carbons (Fsp3) is 0.600. The van der Waals surface area contributed by atoms with Crippen LogP contribution in [0.3, 0.4) is 0 Å². The molecule has 1 aromatic rings. The Morgan fingerprint density at radius 2 is 2.20 bits per heavy atom. The first-order chi connectivity index (χ1) is 9.56. The first-order valence-corrected chi connectivity index (χ1v) is 7.17. The van der Waals surface area contributed by atoms with Crippen LogP contribution in [0.25, 0.3) is 0 Å². The second-order valence-electron chi connectivity index (χ2n) is 5.73. The van der Waals surface area contributed by atoms with Crippen LogP contribution in [0.5, 0.6) is 5.75 Å². The summed E-state index contributed by atoms with van der Waals surface area (Å²) in [5.74, 6) is 1.27. The second-order valence-corrected chi connectivity index (χ2v) is 5.73. The normalized spacial score (nSPS) is 20.2. The van der Waals surface area contributed by atoms with E-state index in [4.69, 9.17) is 10.5 Å². The van der Waals surface area contributed by atoms with Crippen molar-refractivity contribution in [3.05, 3.63) is 24.5 Å². The maximum absolute atomic E-state index is 12.2. The summed E-state index contributed by atoms with van der Waals surface area (Å²) < 4.78 is 5.84. The molecule has 1 aromatic heterocycles. The molecule has 1 fully saturated rings. The van der Waals surface area contributed by atoms with Gasteiger partial charge in [0.1, 0.15) is 11.9 Å². The summed E-state index contributed by atoms with van der Waals surface area (Å²) in [6, 6.07) is 3.26. The summed E-state index contributed by atoms with van der Waals surface area (Å²) >= 11 is 0. The Kier molecular flexibility index (Phi) is 4.95. The highest BCUT2D eigenvalue weighted by Crippen LogP contribution is 2.18. The van der Waals surface area contributed by atoms with Crippen LogP contribution in [-0.4, -0.2) is 41.0 Å². The van der Waals surface area contributed by atoms with Crippen LogP contribution in [0.4, 0.5) is 0 Å². The Bertz CT molecular complexity index is 436. The average Bonchev–Trinajstić information content (AvgIpc) is 2.86. The van der Waals surface area contributed by atoms with Gasteiger partial charge in [0.15, 0.2) is 0 Å². The molecule has 20 heavy (non-hydrogen) atoms. The van der Waals surface area contributed by atoms with Crippen molar-refractivity contribution in [1.29, 1.82) is 0 Å². The van der Waals surface area contributed by atoms with Crippen molar-refractivity contribution in [3.8, 4) is 5.75 Å². The van der Waals surface area contributed by atoms with Gasteiger partial charge in [0.05, 0.1) is 12.6 Å². The number of hydrogen-bond acceptors (Lipinski definition) is 4. The SMILES string of the molecule is CC(C)C[C@H](N)C(=O)N1CCC(Oc2ccncc2)C1. The minimum absolute atomic E-state index is 0.0412. The zero-order valence-corrected chi connectivity index (χ0v) is 12.2. The number of aromatic nitrogens is 1.